The molecule has 11 aromatic rings. The number of fused-ring (bicyclic) bond motifs is 11. The van der Waals surface area contributed by atoms with Gasteiger partial charge in [0.05, 0.1) is 0 Å². The van der Waals surface area contributed by atoms with Gasteiger partial charge < -0.3 is 9.32 Å². The molecule has 0 spiro atoms. The molecule has 3 aromatic heterocycles. The van der Waals surface area contributed by atoms with E-state index in [4.69, 9.17) is 4.42 Å². The van der Waals surface area contributed by atoms with E-state index in [-0.39, 0.29) is 0 Å². The summed E-state index contributed by atoms with van der Waals surface area (Å²) in [6, 6.07) is 59.5. The Labute approximate surface area is 295 Å². The molecule has 0 atom stereocenters. The number of thiophene rings is 2. The van der Waals surface area contributed by atoms with E-state index in [2.05, 4.69) is 157 Å². The van der Waals surface area contributed by atoms with Gasteiger partial charge in [-0.15, -0.1) is 22.7 Å². The number of nitrogens with zero attached hydrogens (tertiary/aromatic N) is 1. The minimum atomic E-state index is 0.886. The molecule has 3 heterocycles. The molecule has 8 aromatic carbocycles. The van der Waals surface area contributed by atoms with Gasteiger partial charge in [-0.05, 0) is 88.6 Å². The molecule has 0 saturated heterocycles. The zero-order valence-corrected chi connectivity index (χ0v) is 28.4. The average molecular weight is 674 g/mol. The maximum Gasteiger partial charge on any atom is 0.137 e. The SMILES string of the molecule is c1ccc2c(c1)oc1cc(N(c3ccc(-c4ccc5c(ccc6sc7ccccc7c65)c4)cc3)c3ccc4c(c3)sc3ccccc34)ccc12. The molecule has 0 bridgehead atoms. The zero-order chi connectivity index (χ0) is 32.8. The van der Waals surface area contributed by atoms with Crippen molar-refractivity contribution < 1.29 is 4.42 Å². The number of hydrogen-bond donors (Lipinski definition) is 0. The van der Waals surface area contributed by atoms with Crippen LogP contribution in [0.15, 0.2) is 168 Å². The fraction of sp³-hybridized carbons (Fsp3) is 0. The molecular weight excluding hydrogens is 647 g/mol. The second-order valence-corrected chi connectivity index (χ2v) is 15.1. The first-order chi connectivity index (χ1) is 24.7. The van der Waals surface area contributed by atoms with Crippen molar-refractivity contribution in [3.63, 3.8) is 0 Å². The first kappa shape index (κ1) is 28.0. The Balaban J connectivity index is 1.04. The topological polar surface area (TPSA) is 16.4 Å². The van der Waals surface area contributed by atoms with E-state index >= 15 is 0 Å². The van der Waals surface area contributed by atoms with Crippen molar-refractivity contribution in [2.45, 2.75) is 0 Å². The van der Waals surface area contributed by atoms with Crippen molar-refractivity contribution in [1.82, 2.24) is 0 Å². The molecule has 234 valence electrons. The van der Waals surface area contributed by atoms with Crippen molar-refractivity contribution in [1.29, 1.82) is 0 Å². The van der Waals surface area contributed by atoms with Gasteiger partial charge in [-0.25, -0.2) is 0 Å². The predicted molar refractivity (Wildman–Crippen MR) is 217 cm³/mol. The second kappa shape index (κ2) is 10.8. The molecule has 4 heteroatoms. The van der Waals surface area contributed by atoms with Gasteiger partial charge in [0.15, 0.2) is 0 Å². The molecule has 50 heavy (non-hydrogen) atoms. The summed E-state index contributed by atoms with van der Waals surface area (Å²) >= 11 is 3.72. The van der Waals surface area contributed by atoms with Crippen molar-refractivity contribution in [2.24, 2.45) is 0 Å². The summed E-state index contributed by atoms with van der Waals surface area (Å²) in [5.74, 6) is 0. The van der Waals surface area contributed by atoms with Crippen molar-refractivity contribution in [3.05, 3.63) is 164 Å². The molecule has 0 fully saturated rings. The van der Waals surface area contributed by atoms with Gasteiger partial charge in [0.1, 0.15) is 11.2 Å². The van der Waals surface area contributed by atoms with Crippen molar-refractivity contribution >= 4 is 113 Å². The van der Waals surface area contributed by atoms with E-state index in [1.165, 1.54) is 62.2 Å². The highest BCUT2D eigenvalue weighted by molar-refractivity contribution is 7.26. The standard InChI is InChI=1S/C46H27NOS2/c1-4-10-40-35(7-1)36-22-19-32(26-41(36)48-40)47(33-20-23-38-37-8-2-5-11-42(37)50-45(38)27-33)31-17-13-28(14-18-31)29-15-21-34-30(25-29)16-24-44-46(34)39-9-3-6-12-43(39)49-44/h1-27H. The van der Waals surface area contributed by atoms with Crippen molar-refractivity contribution in [2.75, 3.05) is 4.90 Å². The number of benzene rings is 8. The highest BCUT2D eigenvalue weighted by Crippen LogP contribution is 2.43. The van der Waals surface area contributed by atoms with E-state index in [1.807, 2.05) is 34.8 Å². The van der Waals surface area contributed by atoms with Crippen LogP contribution in [0.5, 0.6) is 0 Å². The third kappa shape index (κ3) is 4.26. The second-order valence-electron chi connectivity index (χ2n) is 12.9. The summed E-state index contributed by atoms with van der Waals surface area (Å²) in [5, 5.41) is 10.1. The van der Waals surface area contributed by atoms with Gasteiger partial charge >= 0.3 is 0 Å². The molecule has 0 radical (unpaired) electrons. The third-order valence-electron chi connectivity index (χ3n) is 10.1. The summed E-state index contributed by atoms with van der Waals surface area (Å²) in [7, 11) is 0. The van der Waals surface area contributed by atoms with E-state index in [0.29, 0.717) is 0 Å². The highest BCUT2D eigenvalue weighted by Gasteiger charge is 2.18. The summed E-state index contributed by atoms with van der Waals surface area (Å²) in [5.41, 5.74) is 7.47. The van der Waals surface area contributed by atoms with E-state index in [1.54, 1.807) is 0 Å². The van der Waals surface area contributed by atoms with Crippen LogP contribution in [0.4, 0.5) is 17.1 Å². The molecular formula is C46H27NOS2. The lowest BCUT2D eigenvalue weighted by atomic mass is 9.98. The van der Waals surface area contributed by atoms with Crippen LogP contribution in [-0.2, 0) is 0 Å². The normalized spacial score (nSPS) is 12.0. The number of furan rings is 1. The first-order valence-corrected chi connectivity index (χ1v) is 18.5. The van der Waals surface area contributed by atoms with Crippen LogP contribution in [0, 0.1) is 0 Å². The van der Waals surface area contributed by atoms with Crippen LogP contribution in [0.1, 0.15) is 0 Å². The Bertz CT molecular complexity index is 2990. The average Bonchev–Trinajstić information content (AvgIpc) is 3.86. The van der Waals surface area contributed by atoms with Gasteiger partial charge in [-0.3, -0.25) is 0 Å². The molecule has 0 saturated carbocycles. The van der Waals surface area contributed by atoms with Gasteiger partial charge in [-0.2, -0.15) is 0 Å². The minimum Gasteiger partial charge on any atom is -0.456 e. The Kier molecular flexibility index (Phi) is 6.03. The van der Waals surface area contributed by atoms with Crippen molar-refractivity contribution in [3.8, 4) is 11.1 Å². The van der Waals surface area contributed by atoms with Crippen LogP contribution in [0.2, 0.25) is 0 Å². The molecule has 0 aliphatic carbocycles. The van der Waals surface area contributed by atoms with Crippen LogP contribution in [0.3, 0.4) is 0 Å². The zero-order valence-electron chi connectivity index (χ0n) is 26.8. The quantitative estimate of drug-likeness (QED) is 0.185. The summed E-state index contributed by atoms with van der Waals surface area (Å²) in [6.07, 6.45) is 0. The Hall–Kier alpha value is -5.94. The predicted octanol–water partition coefficient (Wildman–Crippen LogP) is 14.6. The lowest BCUT2D eigenvalue weighted by Crippen LogP contribution is -2.09. The maximum absolute atomic E-state index is 6.36. The van der Waals surface area contributed by atoms with E-state index in [0.717, 1.165) is 39.0 Å². The largest absolute Gasteiger partial charge is 0.456 e. The molecule has 0 unspecified atom stereocenters. The molecule has 11 rings (SSSR count). The van der Waals surface area contributed by atoms with Gasteiger partial charge in [0.25, 0.3) is 0 Å². The number of anilines is 3. The van der Waals surface area contributed by atoms with Crippen LogP contribution in [-0.4, -0.2) is 0 Å². The van der Waals surface area contributed by atoms with Gasteiger partial charge in [-0.1, -0.05) is 91.0 Å². The maximum atomic E-state index is 6.36. The highest BCUT2D eigenvalue weighted by atomic mass is 32.1. The summed E-state index contributed by atoms with van der Waals surface area (Å²) in [6.45, 7) is 0. The molecule has 0 aliphatic rings. The number of hydrogen-bond acceptors (Lipinski definition) is 4. The fourth-order valence-electron chi connectivity index (χ4n) is 7.69. The van der Waals surface area contributed by atoms with Crippen LogP contribution < -0.4 is 4.90 Å². The summed E-state index contributed by atoms with van der Waals surface area (Å²) in [4.78, 5) is 2.35. The molecule has 2 nitrogen and oxygen atoms in total. The smallest absolute Gasteiger partial charge is 0.137 e. The Morgan fingerprint density at radius 3 is 1.82 bits per heavy atom. The molecule has 0 aliphatic heterocycles. The molecule has 0 amide bonds. The van der Waals surface area contributed by atoms with E-state index in [9.17, 15) is 0 Å². The van der Waals surface area contributed by atoms with Gasteiger partial charge in [0, 0.05) is 74.2 Å². The Morgan fingerprint density at radius 2 is 0.960 bits per heavy atom. The van der Waals surface area contributed by atoms with E-state index < -0.39 is 0 Å². The van der Waals surface area contributed by atoms with Gasteiger partial charge in [0.2, 0.25) is 0 Å². The lowest BCUT2D eigenvalue weighted by Gasteiger charge is -2.26. The first-order valence-electron chi connectivity index (χ1n) is 16.8. The lowest BCUT2D eigenvalue weighted by molar-refractivity contribution is 0.669. The fourth-order valence-corrected chi connectivity index (χ4v) is 9.95. The van der Waals surface area contributed by atoms with Crippen LogP contribution >= 0.6 is 22.7 Å². The summed E-state index contributed by atoms with van der Waals surface area (Å²) < 4.78 is 11.6. The number of para-hydroxylation sites is 1. The number of rotatable bonds is 4. The monoisotopic (exact) mass is 673 g/mol. The molecule has 0 N–H and O–H groups in total. The third-order valence-corrected chi connectivity index (χ3v) is 12.3. The Morgan fingerprint density at radius 1 is 0.360 bits per heavy atom. The van der Waals surface area contributed by atoms with Crippen LogP contribution in [0.25, 0.3) is 84.2 Å². The minimum absolute atomic E-state index is 0.886.